The highest BCUT2D eigenvalue weighted by Gasteiger charge is 2.19. The Bertz CT molecular complexity index is 576. The van der Waals surface area contributed by atoms with Gasteiger partial charge < -0.3 is 10.5 Å². The van der Waals surface area contributed by atoms with Crippen molar-refractivity contribution >= 4 is 43.5 Å². The molecule has 1 rings (SSSR count). The van der Waals surface area contributed by atoms with Crippen molar-refractivity contribution in [2.24, 2.45) is 10.9 Å². The maximum atomic E-state index is 11.4. The fraction of sp³-hybridized carbons (Fsp3) is 0.222. The Kier molecular flexibility index (Phi) is 4.97. The lowest BCUT2D eigenvalue weighted by Gasteiger charge is -2.11. The number of rotatable bonds is 5. The Balaban J connectivity index is 3.13. The summed E-state index contributed by atoms with van der Waals surface area (Å²) in [6.45, 7) is -0.0841. The first-order chi connectivity index (χ1) is 8.21. The molecule has 1 aromatic carbocycles. The Morgan fingerprint density at radius 1 is 1.44 bits per heavy atom. The molecule has 0 aromatic heterocycles. The van der Waals surface area contributed by atoms with Crippen LogP contribution < -0.4 is 15.6 Å². The summed E-state index contributed by atoms with van der Waals surface area (Å²) in [7, 11) is -3.98. The topological polar surface area (TPSA) is 112 Å². The molecule has 4 N–H and O–H groups in total. The lowest BCUT2D eigenvalue weighted by Crippen LogP contribution is -2.17. The van der Waals surface area contributed by atoms with Gasteiger partial charge in [0.05, 0.1) is 18.1 Å². The third kappa shape index (κ3) is 4.13. The zero-order valence-electron chi connectivity index (χ0n) is 9.02. The lowest BCUT2D eigenvalue weighted by atomic mass is 10.3. The summed E-state index contributed by atoms with van der Waals surface area (Å²) in [6.07, 6.45) is -0.0591. The van der Waals surface area contributed by atoms with Crippen LogP contribution in [0.1, 0.15) is 6.42 Å². The van der Waals surface area contributed by atoms with Crippen LogP contribution in [0.2, 0.25) is 5.02 Å². The fourth-order valence-electron chi connectivity index (χ4n) is 1.14. The molecule has 0 saturated heterocycles. The number of hydrogen-bond donors (Lipinski definition) is 2. The first-order valence-corrected chi connectivity index (χ1v) is 7.36. The van der Waals surface area contributed by atoms with E-state index in [9.17, 15) is 13.2 Å². The van der Waals surface area contributed by atoms with Crippen molar-refractivity contribution in [3.8, 4) is 5.75 Å². The minimum absolute atomic E-state index is 0.0591. The van der Waals surface area contributed by atoms with Gasteiger partial charge in [-0.1, -0.05) is 27.5 Å². The van der Waals surface area contributed by atoms with Crippen molar-refractivity contribution < 1.29 is 17.9 Å². The van der Waals surface area contributed by atoms with Gasteiger partial charge in [-0.05, 0) is 12.1 Å². The molecule has 0 aliphatic rings. The van der Waals surface area contributed by atoms with Gasteiger partial charge in [0.25, 0.3) is 0 Å². The number of ether oxygens (including phenoxy) is 1. The van der Waals surface area contributed by atoms with E-state index in [1.54, 1.807) is 0 Å². The van der Waals surface area contributed by atoms with Crippen LogP contribution in [0, 0.1) is 0 Å². The average molecular weight is 358 g/mol. The molecule has 0 aliphatic carbocycles. The highest BCUT2D eigenvalue weighted by atomic mass is 79.9. The molecule has 0 heterocycles. The summed E-state index contributed by atoms with van der Waals surface area (Å²) in [5.41, 5.74) is 4.94. The second kappa shape index (κ2) is 5.87. The molecule has 18 heavy (non-hydrogen) atoms. The molecule has 1 aromatic rings. The number of sulfonamides is 1. The van der Waals surface area contributed by atoms with Crippen LogP contribution in [0.15, 0.2) is 21.5 Å². The Morgan fingerprint density at radius 2 is 2.06 bits per heavy atom. The normalized spacial score (nSPS) is 11.3. The zero-order valence-corrected chi connectivity index (χ0v) is 12.2. The van der Waals surface area contributed by atoms with Gasteiger partial charge in [-0.2, -0.15) is 0 Å². The Hall–Kier alpha value is -0.830. The van der Waals surface area contributed by atoms with E-state index in [1.165, 1.54) is 12.1 Å². The number of halogens is 2. The third-order valence-electron chi connectivity index (χ3n) is 1.88. The molecule has 6 nitrogen and oxygen atoms in total. The van der Waals surface area contributed by atoms with Crippen LogP contribution >= 0.6 is 27.5 Å². The summed E-state index contributed by atoms with van der Waals surface area (Å²) in [6, 6.07) is 2.72. The summed E-state index contributed by atoms with van der Waals surface area (Å²) >= 11 is 8.96. The first kappa shape index (κ1) is 15.2. The van der Waals surface area contributed by atoms with Crippen molar-refractivity contribution in [3.63, 3.8) is 0 Å². The minimum Gasteiger partial charge on any atom is -0.490 e. The fourth-order valence-corrected chi connectivity index (χ4v) is 2.93. The molecular weight excluding hydrogens is 348 g/mol. The van der Waals surface area contributed by atoms with Crippen molar-refractivity contribution in [2.75, 3.05) is 6.61 Å². The molecule has 0 atom stereocenters. The number of hydrogen-bond acceptors (Lipinski definition) is 4. The molecule has 0 unspecified atom stereocenters. The molecule has 0 spiro atoms. The number of nitrogens with two attached hydrogens (primary N) is 2. The molecule has 1 amide bonds. The van der Waals surface area contributed by atoms with Crippen molar-refractivity contribution in [1.29, 1.82) is 0 Å². The summed E-state index contributed by atoms with van der Waals surface area (Å²) in [4.78, 5) is 10.3. The predicted octanol–water partition coefficient (Wildman–Crippen LogP) is 1.00. The van der Waals surface area contributed by atoms with Crippen LogP contribution in [-0.2, 0) is 14.8 Å². The van der Waals surface area contributed by atoms with E-state index in [2.05, 4.69) is 15.9 Å². The number of primary amides is 1. The van der Waals surface area contributed by atoms with Crippen molar-refractivity contribution in [3.05, 3.63) is 21.6 Å². The highest BCUT2D eigenvalue weighted by Crippen LogP contribution is 2.34. The number of amides is 1. The molecule has 0 radical (unpaired) electrons. The van der Waals surface area contributed by atoms with E-state index >= 15 is 0 Å². The van der Waals surface area contributed by atoms with Crippen molar-refractivity contribution in [2.45, 2.75) is 11.3 Å². The maximum Gasteiger partial charge on any atom is 0.241 e. The van der Waals surface area contributed by atoms with Crippen molar-refractivity contribution in [1.82, 2.24) is 0 Å². The highest BCUT2D eigenvalue weighted by molar-refractivity contribution is 9.10. The van der Waals surface area contributed by atoms with Gasteiger partial charge in [0, 0.05) is 4.47 Å². The van der Waals surface area contributed by atoms with Crippen LogP contribution in [-0.4, -0.2) is 20.9 Å². The van der Waals surface area contributed by atoms with Crippen LogP contribution in [0.5, 0.6) is 5.75 Å². The number of primary sulfonamides is 1. The van der Waals surface area contributed by atoms with Gasteiger partial charge in [0.15, 0.2) is 5.75 Å². The van der Waals surface area contributed by atoms with E-state index in [1.807, 2.05) is 0 Å². The van der Waals surface area contributed by atoms with Crippen LogP contribution in [0.3, 0.4) is 0 Å². The van der Waals surface area contributed by atoms with Crippen LogP contribution in [0.25, 0.3) is 0 Å². The average Bonchev–Trinajstić information content (AvgIpc) is 2.18. The number of benzene rings is 1. The van der Waals surface area contributed by atoms with Gasteiger partial charge in [0.2, 0.25) is 15.9 Å². The SMILES string of the molecule is NC(=O)CCOc1c(Cl)cc(Br)cc1S(N)(=O)=O. The standard InChI is InChI=1S/C9H10BrClN2O4S/c10-5-3-6(11)9(17-2-1-8(12)14)7(4-5)18(13,15)16/h3-4H,1-2H2,(H2,12,14)(H2,13,15,16). The smallest absolute Gasteiger partial charge is 0.241 e. The minimum atomic E-state index is -3.98. The number of carbonyl (C=O) groups is 1. The first-order valence-electron chi connectivity index (χ1n) is 4.64. The van der Waals surface area contributed by atoms with E-state index in [4.69, 9.17) is 27.2 Å². The van der Waals surface area contributed by atoms with E-state index in [0.29, 0.717) is 4.47 Å². The van der Waals surface area contributed by atoms with Crippen LogP contribution in [0.4, 0.5) is 0 Å². The summed E-state index contributed by atoms with van der Waals surface area (Å²) < 4.78 is 28.4. The molecule has 0 bridgehead atoms. The Labute approximate surface area is 117 Å². The van der Waals surface area contributed by atoms with Gasteiger partial charge in [-0.15, -0.1) is 0 Å². The largest absolute Gasteiger partial charge is 0.490 e. The Morgan fingerprint density at radius 3 is 2.56 bits per heavy atom. The van der Waals surface area contributed by atoms with Gasteiger partial charge in [0.1, 0.15) is 4.90 Å². The van der Waals surface area contributed by atoms with E-state index < -0.39 is 15.9 Å². The number of carbonyl (C=O) groups excluding carboxylic acids is 1. The molecule has 0 fully saturated rings. The molecular formula is C9H10BrClN2O4S. The third-order valence-corrected chi connectivity index (χ3v) is 3.53. The quantitative estimate of drug-likeness (QED) is 0.818. The zero-order chi connectivity index (χ0) is 13.9. The maximum absolute atomic E-state index is 11.4. The van der Waals surface area contributed by atoms with E-state index in [-0.39, 0.29) is 28.7 Å². The van der Waals surface area contributed by atoms with Gasteiger partial charge in [-0.3, -0.25) is 4.79 Å². The van der Waals surface area contributed by atoms with Gasteiger partial charge in [-0.25, -0.2) is 13.6 Å². The molecule has 100 valence electrons. The molecule has 0 aliphatic heterocycles. The summed E-state index contributed by atoms with van der Waals surface area (Å²) in [5.74, 6) is -0.663. The molecule has 0 saturated carbocycles. The lowest BCUT2D eigenvalue weighted by molar-refractivity contribution is -0.118. The molecule has 9 heteroatoms. The van der Waals surface area contributed by atoms with E-state index in [0.717, 1.165) is 0 Å². The second-order valence-electron chi connectivity index (χ2n) is 3.32. The summed E-state index contributed by atoms with van der Waals surface area (Å²) in [5, 5.41) is 5.12. The monoisotopic (exact) mass is 356 g/mol. The second-order valence-corrected chi connectivity index (χ2v) is 6.18. The predicted molar refractivity (Wildman–Crippen MR) is 69.8 cm³/mol. The van der Waals surface area contributed by atoms with Gasteiger partial charge >= 0.3 is 0 Å².